The predicted molar refractivity (Wildman–Crippen MR) is 134 cm³/mol. The average Bonchev–Trinajstić information content (AvgIpc) is 2.88. The Bertz CT molecular complexity index is 1510. The van der Waals surface area contributed by atoms with E-state index in [0.717, 1.165) is 17.7 Å². The van der Waals surface area contributed by atoms with Gasteiger partial charge < -0.3 is 10.1 Å². The standard InChI is InChI=1S/C27H20ClF5N4O2/c1-15-8-9-20(16(2)11-15)26(29,30)14-35-24(38)22-21(17-5-4-10-34-13-17)23(28)36-37-25(22)39-19-7-3-6-18(12-19)27(31,32)33/h3-13H,14H2,1-2H3,(H,35,38). The summed E-state index contributed by atoms with van der Waals surface area (Å²) in [6.45, 7) is 2.21. The molecule has 0 spiro atoms. The minimum Gasteiger partial charge on any atom is -0.437 e. The number of rotatable bonds is 7. The molecular weight excluding hydrogens is 543 g/mol. The Labute approximate surface area is 224 Å². The molecule has 0 fully saturated rings. The van der Waals surface area contributed by atoms with E-state index in [0.29, 0.717) is 11.6 Å². The first-order valence-corrected chi connectivity index (χ1v) is 11.8. The van der Waals surface area contributed by atoms with Gasteiger partial charge in [-0.15, -0.1) is 10.2 Å². The lowest BCUT2D eigenvalue weighted by molar-refractivity contribution is -0.137. The third kappa shape index (κ3) is 6.31. The van der Waals surface area contributed by atoms with Crippen molar-refractivity contribution in [2.24, 2.45) is 0 Å². The Balaban J connectivity index is 1.74. The van der Waals surface area contributed by atoms with E-state index in [1.54, 1.807) is 13.0 Å². The average molecular weight is 563 g/mol. The molecule has 0 bridgehead atoms. The third-order valence-corrected chi connectivity index (χ3v) is 5.96. The number of carbonyl (C=O) groups excluding carboxylic acids is 1. The van der Waals surface area contributed by atoms with Crippen molar-refractivity contribution in [2.75, 3.05) is 6.54 Å². The molecule has 0 aliphatic rings. The van der Waals surface area contributed by atoms with E-state index < -0.39 is 41.6 Å². The summed E-state index contributed by atoms with van der Waals surface area (Å²) in [5.74, 6) is -5.36. The van der Waals surface area contributed by atoms with Crippen molar-refractivity contribution in [3.05, 3.63) is 100.0 Å². The fourth-order valence-electron chi connectivity index (χ4n) is 3.90. The van der Waals surface area contributed by atoms with Gasteiger partial charge in [-0.3, -0.25) is 9.78 Å². The maximum Gasteiger partial charge on any atom is 0.416 e. The lowest BCUT2D eigenvalue weighted by atomic mass is 10.00. The largest absolute Gasteiger partial charge is 0.437 e. The summed E-state index contributed by atoms with van der Waals surface area (Å²) < 4.78 is 75.4. The van der Waals surface area contributed by atoms with Crippen LogP contribution in [-0.4, -0.2) is 27.6 Å². The Morgan fingerprint density at radius 2 is 1.77 bits per heavy atom. The number of halogens is 6. The molecule has 2 aromatic heterocycles. The zero-order chi connectivity index (χ0) is 28.4. The van der Waals surface area contributed by atoms with Crippen LogP contribution in [0.15, 0.2) is 67.0 Å². The molecule has 39 heavy (non-hydrogen) atoms. The number of hydrogen-bond acceptors (Lipinski definition) is 5. The van der Waals surface area contributed by atoms with E-state index >= 15 is 8.78 Å². The van der Waals surface area contributed by atoms with Crippen molar-refractivity contribution < 1.29 is 31.5 Å². The zero-order valence-electron chi connectivity index (χ0n) is 20.5. The number of nitrogens with zero attached hydrogens (tertiary/aromatic N) is 3. The van der Waals surface area contributed by atoms with Crippen LogP contribution in [-0.2, 0) is 12.1 Å². The van der Waals surface area contributed by atoms with Crippen LogP contribution in [0, 0.1) is 13.8 Å². The van der Waals surface area contributed by atoms with Gasteiger partial charge >= 0.3 is 6.18 Å². The first-order chi connectivity index (χ1) is 18.4. The fraction of sp³-hybridized carbons (Fsp3) is 0.185. The van der Waals surface area contributed by atoms with Crippen LogP contribution >= 0.6 is 11.6 Å². The molecule has 0 radical (unpaired) electrons. The molecule has 6 nitrogen and oxygen atoms in total. The van der Waals surface area contributed by atoms with Crippen LogP contribution in [0.25, 0.3) is 11.1 Å². The second-order valence-corrected chi connectivity index (χ2v) is 8.98. The van der Waals surface area contributed by atoms with Gasteiger partial charge in [0.05, 0.1) is 12.1 Å². The number of ether oxygens (including phenoxy) is 1. The van der Waals surface area contributed by atoms with E-state index in [9.17, 15) is 18.0 Å². The second kappa shape index (κ2) is 10.9. The Morgan fingerprint density at radius 3 is 2.44 bits per heavy atom. The van der Waals surface area contributed by atoms with Gasteiger partial charge in [-0.2, -0.15) is 22.0 Å². The van der Waals surface area contributed by atoms with Gasteiger partial charge in [0, 0.05) is 29.1 Å². The lowest BCUT2D eigenvalue weighted by Crippen LogP contribution is -2.36. The Kier molecular flexibility index (Phi) is 7.82. The first-order valence-electron chi connectivity index (χ1n) is 11.4. The molecule has 0 unspecified atom stereocenters. The van der Waals surface area contributed by atoms with Crippen molar-refractivity contribution in [3.63, 3.8) is 0 Å². The van der Waals surface area contributed by atoms with Gasteiger partial charge in [0.1, 0.15) is 11.3 Å². The summed E-state index contributed by atoms with van der Waals surface area (Å²) in [5, 5.41) is 9.41. The molecule has 202 valence electrons. The predicted octanol–water partition coefficient (Wildman–Crippen LogP) is 7.14. The molecule has 4 aromatic rings. The highest BCUT2D eigenvalue weighted by Gasteiger charge is 2.35. The number of nitrogens with one attached hydrogen (secondary N) is 1. The van der Waals surface area contributed by atoms with Gasteiger partial charge in [-0.1, -0.05) is 47.5 Å². The maximum absolute atomic E-state index is 15.1. The number of pyridine rings is 1. The molecule has 1 N–H and O–H groups in total. The van der Waals surface area contributed by atoms with Crippen LogP contribution in [0.4, 0.5) is 22.0 Å². The van der Waals surface area contributed by atoms with Crippen molar-refractivity contribution in [3.8, 4) is 22.8 Å². The highest BCUT2D eigenvalue weighted by Crippen LogP contribution is 2.38. The van der Waals surface area contributed by atoms with Gasteiger partial charge in [0.15, 0.2) is 5.15 Å². The molecular formula is C27H20ClF5N4O2. The molecule has 12 heteroatoms. The maximum atomic E-state index is 15.1. The van der Waals surface area contributed by atoms with E-state index in [-0.39, 0.29) is 27.6 Å². The zero-order valence-corrected chi connectivity index (χ0v) is 21.2. The smallest absolute Gasteiger partial charge is 0.416 e. The van der Waals surface area contributed by atoms with Crippen molar-refractivity contribution in [1.29, 1.82) is 0 Å². The molecule has 4 rings (SSSR count). The number of aromatic nitrogens is 3. The first kappa shape index (κ1) is 27.9. The molecule has 1 amide bonds. The minimum atomic E-state index is -4.66. The van der Waals surface area contributed by atoms with Crippen LogP contribution in [0.5, 0.6) is 11.6 Å². The van der Waals surface area contributed by atoms with Crippen LogP contribution in [0.3, 0.4) is 0 Å². The van der Waals surface area contributed by atoms with E-state index in [1.807, 2.05) is 0 Å². The summed E-state index contributed by atoms with van der Waals surface area (Å²) in [5.41, 5.74) is -0.317. The molecule has 0 aliphatic heterocycles. The van der Waals surface area contributed by atoms with Crippen molar-refractivity contribution in [2.45, 2.75) is 25.9 Å². The number of carbonyl (C=O) groups is 1. The van der Waals surface area contributed by atoms with Gasteiger partial charge in [-0.05, 0) is 43.7 Å². The number of benzene rings is 2. The molecule has 2 aromatic carbocycles. The van der Waals surface area contributed by atoms with E-state index in [1.165, 1.54) is 49.6 Å². The van der Waals surface area contributed by atoms with Crippen molar-refractivity contribution in [1.82, 2.24) is 20.5 Å². The number of alkyl halides is 5. The summed E-state index contributed by atoms with van der Waals surface area (Å²) in [4.78, 5) is 17.4. The Morgan fingerprint density at radius 1 is 1.00 bits per heavy atom. The molecule has 0 saturated heterocycles. The van der Waals surface area contributed by atoms with Crippen molar-refractivity contribution >= 4 is 17.5 Å². The highest BCUT2D eigenvalue weighted by molar-refractivity contribution is 6.33. The van der Waals surface area contributed by atoms with Gasteiger partial charge in [-0.25, -0.2) is 0 Å². The summed E-state index contributed by atoms with van der Waals surface area (Å²) in [7, 11) is 0. The topological polar surface area (TPSA) is 77.0 Å². The number of hydrogen-bond donors (Lipinski definition) is 1. The molecule has 2 heterocycles. The fourth-order valence-corrected chi connectivity index (χ4v) is 4.14. The quantitative estimate of drug-likeness (QED) is 0.242. The summed E-state index contributed by atoms with van der Waals surface area (Å²) >= 11 is 6.26. The minimum absolute atomic E-state index is 0.0472. The van der Waals surface area contributed by atoms with E-state index in [2.05, 4.69) is 20.5 Å². The number of amides is 1. The van der Waals surface area contributed by atoms with Crippen LogP contribution < -0.4 is 10.1 Å². The summed E-state index contributed by atoms with van der Waals surface area (Å²) in [6.07, 6.45) is -1.86. The number of aryl methyl sites for hydroxylation is 2. The van der Waals surface area contributed by atoms with Gasteiger partial charge in [0.25, 0.3) is 17.7 Å². The normalized spacial score (nSPS) is 11.8. The molecule has 0 aliphatic carbocycles. The van der Waals surface area contributed by atoms with E-state index in [4.69, 9.17) is 16.3 Å². The SMILES string of the molecule is Cc1ccc(C(F)(F)CNC(=O)c2c(Oc3cccc(C(F)(F)F)c3)nnc(Cl)c2-c2cccnc2)c(C)c1. The van der Waals surface area contributed by atoms with Gasteiger partial charge in [0.2, 0.25) is 0 Å². The highest BCUT2D eigenvalue weighted by atomic mass is 35.5. The monoisotopic (exact) mass is 562 g/mol. The third-order valence-electron chi connectivity index (χ3n) is 5.70. The summed E-state index contributed by atoms with van der Waals surface area (Å²) in [6, 6.07) is 11.3. The molecule has 0 atom stereocenters. The second-order valence-electron chi connectivity index (χ2n) is 8.62. The Hall–Kier alpha value is -4.12. The van der Waals surface area contributed by atoms with Crippen LogP contribution in [0.2, 0.25) is 5.15 Å². The molecule has 0 saturated carbocycles. The van der Waals surface area contributed by atoms with Crippen LogP contribution in [0.1, 0.15) is 32.6 Å². The lowest BCUT2D eigenvalue weighted by Gasteiger charge is -2.21.